The van der Waals surface area contributed by atoms with Gasteiger partial charge in [-0.3, -0.25) is 0 Å². The van der Waals surface area contributed by atoms with E-state index >= 15 is 0 Å². The van der Waals surface area contributed by atoms with E-state index in [0.29, 0.717) is 0 Å². The minimum atomic E-state index is -0.553. The summed E-state index contributed by atoms with van der Waals surface area (Å²) < 4.78 is 12.7. The summed E-state index contributed by atoms with van der Waals surface area (Å²) in [6.07, 6.45) is 2.36. The van der Waals surface area contributed by atoms with Crippen molar-refractivity contribution in [1.82, 2.24) is 0 Å². The van der Waals surface area contributed by atoms with E-state index in [4.69, 9.17) is 5.11 Å². The number of phenolic OH excluding ortho intramolecular Hbond substituents is 1. The van der Waals surface area contributed by atoms with Crippen LogP contribution in [0, 0.1) is 5.82 Å². The van der Waals surface area contributed by atoms with E-state index in [0.717, 1.165) is 18.8 Å². The summed E-state index contributed by atoms with van der Waals surface area (Å²) in [6.45, 7) is 2.01. The molecule has 0 radical (unpaired) electrons. The summed E-state index contributed by atoms with van der Waals surface area (Å²) >= 11 is 0. The fourth-order valence-corrected chi connectivity index (χ4v) is 1.67. The van der Waals surface area contributed by atoms with E-state index in [9.17, 15) is 4.39 Å². The number of rotatable bonds is 1. The van der Waals surface area contributed by atoms with Gasteiger partial charge in [-0.2, -0.15) is 0 Å². The predicted octanol–water partition coefficient (Wildman–Crippen LogP) is 2.13. The third-order valence-corrected chi connectivity index (χ3v) is 2.40. The lowest BCUT2D eigenvalue weighted by Crippen LogP contribution is -2.17. The quantitative estimate of drug-likeness (QED) is 0.717. The minimum Gasteiger partial charge on any atom is -0.505 e. The van der Waals surface area contributed by atoms with Gasteiger partial charge in [-0.15, -0.1) is 0 Å². The smallest absolute Gasteiger partial charge is 0.164 e. The van der Waals surface area contributed by atoms with Crippen molar-refractivity contribution in [2.75, 3.05) is 18.0 Å². The molecule has 0 amide bonds. The van der Waals surface area contributed by atoms with Crippen molar-refractivity contribution in [2.24, 2.45) is 0 Å². The number of aromatic hydroxyl groups is 1. The van der Waals surface area contributed by atoms with Crippen molar-refractivity contribution in [3.63, 3.8) is 0 Å². The molecule has 2 nitrogen and oxygen atoms in total. The van der Waals surface area contributed by atoms with Crippen LogP contribution in [0.2, 0.25) is 0 Å². The summed E-state index contributed by atoms with van der Waals surface area (Å²) in [5.41, 5.74) is 0.913. The predicted molar refractivity (Wildman–Crippen MR) is 49.5 cm³/mol. The van der Waals surface area contributed by atoms with Crippen LogP contribution in [0.25, 0.3) is 0 Å². The highest BCUT2D eigenvalue weighted by molar-refractivity contribution is 5.51. The molecule has 2 rings (SSSR count). The van der Waals surface area contributed by atoms with Crippen LogP contribution < -0.4 is 4.90 Å². The molecule has 0 unspecified atom stereocenters. The van der Waals surface area contributed by atoms with Crippen LogP contribution in [0.1, 0.15) is 12.8 Å². The SMILES string of the molecule is Oc1cc(N2CCCC2)ccc1F. The van der Waals surface area contributed by atoms with Gasteiger partial charge in [0.15, 0.2) is 11.6 Å². The molecule has 0 aromatic heterocycles. The standard InChI is InChI=1S/C10H12FNO/c11-9-4-3-8(7-10(9)13)12-5-1-2-6-12/h3-4,7,13H,1-2,5-6H2. The molecule has 0 bridgehead atoms. The molecule has 0 aliphatic carbocycles. The highest BCUT2D eigenvalue weighted by Gasteiger charge is 2.13. The highest BCUT2D eigenvalue weighted by Crippen LogP contribution is 2.25. The lowest BCUT2D eigenvalue weighted by Gasteiger charge is -2.17. The van der Waals surface area contributed by atoms with Crippen molar-refractivity contribution < 1.29 is 9.50 Å². The molecule has 1 aromatic carbocycles. The van der Waals surface area contributed by atoms with E-state index in [1.165, 1.54) is 25.0 Å². The number of nitrogens with zero attached hydrogens (tertiary/aromatic N) is 1. The Balaban J connectivity index is 2.25. The summed E-state index contributed by atoms with van der Waals surface area (Å²) in [4.78, 5) is 2.15. The Morgan fingerprint density at radius 3 is 2.54 bits per heavy atom. The highest BCUT2D eigenvalue weighted by atomic mass is 19.1. The summed E-state index contributed by atoms with van der Waals surface area (Å²) in [5, 5.41) is 9.16. The van der Waals surface area contributed by atoms with E-state index in [1.54, 1.807) is 6.07 Å². The first kappa shape index (κ1) is 8.35. The number of phenols is 1. The Morgan fingerprint density at radius 2 is 1.92 bits per heavy atom. The Labute approximate surface area is 76.6 Å². The monoisotopic (exact) mass is 181 g/mol. The van der Waals surface area contributed by atoms with Crippen LogP contribution in [0.15, 0.2) is 18.2 Å². The van der Waals surface area contributed by atoms with Crippen molar-refractivity contribution in [1.29, 1.82) is 0 Å². The second kappa shape index (κ2) is 3.24. The molecule has 3 heteroatoms. The van der Waals surface area contributed by atoms with Crippen LogP contribution in [-0.4, -0.2) is 18.2 Å². The molecule has 0 spiro atoms. The number of halogens is 1. The van der Waals surface area contributed by atoms with Crippen molar-refractivity contribution in [3.05, 3.63) is 24.0 Å². The summed E-state index contributed by atoms with van der Waals surface area (Å²) in [5.74, 6) is -0.813. The van der Waals surface area contributed by atoms with Gasteiger partial charge < -0.3 is 10.0 Å². The zero-order valence-electron chi connectivity index (χ0n) is 7.33. The second-order valence-corrected chi connectivity index (χ2v) is 3.33. The lowest BCUT2D eigenvalue weighted by atomic mass is 10.2. The molecule has 1 aliphatic heterocycles. The third-order valence-electron chi connectivity index (χ3n) is 2.40. The average Bonchev–Trinajstić information content (AvgIpc) is 2.62. The maximum atomic E-state index is 12.7. The number of hydrogen-bond donors (Lipinski definition) is 1. The molecule has 1 fully saturated rings. The molecule has 1 aromatic rings. The molecule has 1 heterocycles. The topological polar surface area (TPSA) is 23.5 Å². The van der Waals surface area contributed by atoms with Crippen LogP contribution in [0.4, 0.5) is 10.1 Å². The maximum Gasteiger partial charge on any atom is 0.164 e. The normalized spacial score (nSPS) is 16.5. The van der Waals surface area contributed by atoms with Crippen molar-refractivity contribution in [2.45, 2.75) is 12.8 Å². The van der Waals surface area contributed by atoms with Crippen LogP contribution in [0.3, 0.4) is 0 Å². The lowest BCUT2D eigenvalue weighted by molar-refractivity contribution is 0.432. The molecule has 70 valence electrons. The average molecular weight is 181 g/mol. The first-order chi connectivity index (χ1) is 6.27. The zero-order valence-corrected chi connectivity index (χ0v) is 7.33. The van der Waals surface area contributed by atoms with Gasteiger partial charge in [0.2, 0.25) is 0 Å². The van der Waals surface area contributed by atoms with Crippen LogP contribution in [-0.2, 0) is 0 Å². The Morgan fingerprint density at radius 1 is 1.23 bits per heavy atom. The largest absolute Gasteiger partial charge is 0.505 e. The molecule has 13 heavy (non-hydrogen) atoms. The van der Waals surface area contributed by atoms with Crippen molar-refractivity contribution >= 4 is 5.69 Å². The van der Waals surface area contributed by atoms with Gasteiger partial charge in [-0.1, -0.05) is 0 Å². The van der Waals surface area contributed by atoms with Gasteiger partial charge >= 0.3 is 0 Å². The van der Waals surface area contributed by atoms with E-state index < -0.39 is 5.82 Å². The first-order valence-electron chi connectivity index (χ1n) is 4.51. The van der Waals surface area contributed by atoms with Gasteiger partial charge in [-0.05, 0) is 25.0 Å². The Bertz CT molecular complexity index is 308. The van der Waals surface area contributed by atoms with Crippen LogP contribution in [0.5, 0.6) is 5.75 Å². The molecular weight excluding hydrogens is 169 g/mol. The Hall–Kier alpha value is -1.25. The third kappa shape index (κ3) is 1.59. The van der Waals surface area contributed by atoms with Gasteiger partial charge in [0.05, 0.1) is 0 Å². The van der Waals surface area contributed by atoms with E-state index in [2.05, 4.69) is 4.90 Å². The molecular formula is C10H12FNO. The molecule has 1 N–H and O–H groups in total. The van der Waals surface area contributed by atoms with Crippen molar-refractivity contribution in [3.8, 4) is 5.75 Å². The fraction of sp³-hybridized carbons (Fsp3) is 0.400. The fourth-order valence-electron chi connectivity index (χ4n) is 1.67. The second-order valence-electron chi connectivity index (χ2n) is 3.33. The van der Waals surface area contributed by atoms with E-state index in [1.807, 2.05) is 0 Å². The summed E-state index contributed by atoms with van der Waals surface area (Å²) in [6, 6.07) is 4.50. The van der Waals surface area contributed by atoms with Gasteiger partial charge in [0.1, 0.15) is 0 Å². The number of benzene rings is 1. The van der Waals surface area contributed by atoms with Crippen LogP contribution >= 0.6 is 0 Å². The van der Waals surface area contributed by atoms with Gasteiger partial charge in [0, 0.05) is 24.8 Å². The van der Waals surface area contributed by atoms with E-state index in [-0.39, 0.29) is 5.75 Å². The molecule has 0 atom stereocenters. The maximum absolute atomic E-state index is 12.7. The Kier molecular flexibility index (Phi) is 2.08. The van der Waals surface area contributed by atoms with Gasteiger partial charge in [-0.25, -0.2) is 4.39 Å². The minimum absolute atomic E-state index is 0.260. The van der Waals surface area contributed by atoms with Gasteiger partial charge in [0.25, 0.3) is 0 Å². The first-order valence-corrected chi connectivity index (χ1v) is 4.51. The number of anilines is 1. The zero-order chi connectivity index (χ0) is 9.26. The molecule has 1 saturated heterocycles. The summed E-state index contributed by atoms with van der Waals surface area (Å²) in [7, 11) is 0. The number of hydrogen-bond acceptors (Lipinski definition) is 2. The molecule has 1 aliphatic rings. The molecule has 0 saturated carbocycles.